The second-order valence-corrected chi connectivity index (χ2v) is 13.1. The zero-order valence-electron chi connectivity index (χ0n) is 27.3. The fraction of sp³-hybridized carbons (Fsp3) is 0.545. The van der Waals surface area contributed by atoms with Crippen LogP contribution >= 0.6 is 0 Å². The van der Waals surface area contributed by atoms with Crippen LogP contribution in [0.1, 0.15) is 61.0 Å². The van der Waals surface area contributed by atoms with Crippen LogP contribution < -0.4 is 16.0 Å². The van der Waals surface area contributed by atoms with Crippen molar-refractivity contribution in [1.82, 2.24) is 25.8 Å². The zero-order chi connectivity index (χ0) is 32.7. The van der Waals surface area contributed by atoms with E-state index in [0.29, 0.717) is 5.57 Å². The van der Waals surface area contributed by atoms with Gasteiger partial charge in [-0.2, -0.15) is 0 Å². The SMILES string of the molecule is CN[C@H](C(=O)N[C@H](C(=O)N(C)[C@H](/C=C(\C)C(=O)NCCN1C(=O)C=CC1=O)C(C)C)C(C)(C)C)C(C)(C)c1ccccc1. The molecule has 0 spiro atoms. The summed E-state index contributed by atoms with van der Waals surface area (Å²) in [7, 11) is 3.42. The average molecular weight is 596 g/mol. The number of nitrogens with zero attached hydrogens (tertiary/aromatic N) is 2. The second-order valence-electron chi connectivity index (χ2n) is 13.1. The van der Waals surface area contributed by atoms with Gasteiger partial charge < -0.3 is 20.9 Å². The van der Waals surface area contributed by atoms with Gasteiger partial charge in [0.1, 0.15) is 6.04 Å². The third kappa shape index (κ3) is 8.86. The summed E-state index contributed by atoms with van der Waals surface area (Å²) in [6, 6.07) is 7.90. The summed E-state index contributed by atoms with van der Waals surface area (Å²) in [4.78, 5) is 66.7. The van der Waals surface area contributed by atoms with Crippen molar-refractivity contribution in [3.8, 4) is 0 Å². The standard InChI is InChI=1S/C33H49N5O5/c1-21(2)24(20-22(3)29(41)35-18-19-38-25(39)16-17-26(38)40)37(10)31(43)28(32(4,5)6)36-30(42)27(34-9)33(7,8)23-14-12-11-13-15-23/h11-17,20-21,24,27-28,34H,18-19H2,1-10H3,(H,35,41)(H,36,42)/b22-20+/t24-,27-,28-/m1/s1. The molecule has 0 fully saturated rings. The van der Waals surface area contributed by atoms with Crippen molar-refractivity contribution in [2.75, 3.05) is 27.2 Å². The van der Waals surface area contributed by atoms with Gasteiger partial charge in [-0.1, -0.05) is 84.9 Å². The molecule has 1 aromatic rings. The zero-order valence-corrected chi connectivity index (χ0v) is 27.3. The normalized spacial score (nSPS) is 16.3. The molecule has 0 saturated heterocycles. The maximum absolute atomic E-state index is 14.0. The van der Waals surface area contributed by atoms with Crippen molar-refractivity contribution >= 4 is 29.5 Å². The summed E-state index contributed by atoms with van der Waals surface area (Å²) in [5, 5.41) is 8.92. The Kier molecular flexibility index (Phi) is 12.0. The van der Waals surface area contributed by atoms with E-state index in [1.165, 1.54) is 12.2 Å². The van der Waals surface area contributed by atoms with Gasteiger partial charge in [0.05, 0.1) is 12.1 Å². The first-order valence-electron chi connectivity index (χ1n) is 14.7. The highest BCUT2D eigenvalue weighted by molar-refractivity contribution is 6.12. The lowest BCUT2D eigenvalue weighted by Gasteiger charge is -2.40. The van der Waals surface area contributed by atoms with Crippen molar-refractivity contribution in [3.63, 3.8) is 0 Å². The van der Waals surface area contributed by atoms with Crippen LogP contribution in [-0.4, -0.2) is 84.6 Å². The summed E-state index contributed by atoms with van der Waals surface area (Å²) in [5.74, 6) is -1.76. The number of rotatable bonds is 13. The first-order valence-corrected chi connectivity index (χ1v) is 14.7. The maximum atomic E-state index is 14.0. The van der Waals surface area contributed by atoms with Crippen LogP contribution in [0.25, 0.3) is 0 Å². The minimum absolute atomic E-state index is 0.0407. The Balaban J connectivity index is 2.20. The van der Waals surface area contributed by atoms with Gasteiger partial charge in [-0.05, 0) is 30.9 Å². The lowest BCUT2D eigenvalue weighted by molar-refractivity contribution is -0.141. The van der Waals surface area contributed by atoms with E-state index in [4.69, 9.17) is 0 Å². The Morgan fingerprint density at radius 2 is 1.51 bits per heavy atom. The highest BCUT2D eigenvalue weighted by Crippen LogP contribution is 2.29. The smallest absolute Gasteiger partial charge is 0.253 e. The molecule has 1 aliphatic heterocycles. The van der Waals surface area contributed by atoms with Crippen molar-refractivity contribution in [2.24, 2.45) is 11.3 Å². The molecule has 43 heavy (non-hydrogen) atoms. The minimum Gasteiger partial charge on any atom is -0.351 e. The van der Waals surface area contributed by atoms with Gasteiger partial charge in [0, 0.05) is 43.3 Å². The molecule has 3 N–H and O–H groups in total. The van der Waals surface area contributed by atoms with E-state index in [1.807, 2.05) is 78.8 Å². The predicted octanol–water partition coefficient (Wildman–Crippen LogP) is 2.55. The van der Waals surface area contributed by atoms with Gasteiger partial charge in [-0.25, -0.2) is 0 Å². The predicted molar refractivity (Wildman–Crippen MR) is 168 cm³/mol. The number of nitrogens with one attached hydrogen (secondary N) is 3. The fourth-order valence-electron chi connectivity index (χ4n) is 5.23. The van der Waals surface area contributed by atoms with Crippen LogP contribution in [0.5, 0.6) is 0 Å². The number of carbonyl (C=O) groups excluding carboxylic acids is 5. The topological polar surface area (TPSA) is 128 Å². The summed E-state index contributed by atoms with van der Waals surface area (Å²) >= 11 is 0. The van der Waals surface area contributed by atoms with Crippen LogP contribution in [0.15, 0.2) is 54.1 Å². The molecule has 10 nitrogen and oxygen atoms in total. The Morgan fingerprint density at radius 1 is 0.953 bits per heavy atom. The molecule has 10 heteroatoms. The Labute approximate surface area is 256 Å². The molecule has 0 bridgehead atoms. The molecular formula is C33H49N5O5. The van der Waals surface area contributed by atoms with E-state index < -0.39 is 40.8 Å². The van der Waals surface area contributed by atoms with Gasteiger partial charge in [0.15, 0.2) is 0 Å². The van der Waals surface area contributed by atoms with Gasteiger partial charge in [0.2, 0.25) is 17.7 Å². The van der Waals surface area contributed by atoms with E-state index >= 15 is 0 Å². The molecule has 0 unspecified atom stereocenters. The molecule has 0 aliphatic carbocycles. The number of imide groups is 1. The van der Waals surface area contributed by atoms with Gasteiger partial charge in [-0.15, -0.1) is 0 Å². The third-order valence-corrected chi connectivity index (χ3v) is 7.97. The molecule has 1 heterocycles. The Hall–Kier alpha value is -3.79. The van der Waals surface area contributed by atoms with E-state index in [-0.39, 0.29) is 36.7 Å². The van der Waals surface area contributed by atoms with Crippen molar-refractivity contribution in [1.29, 1.82) is 0 Å². The molecule has 3 atom stereocenters. The van der Waals surface area contributed by atoms with Crippen LogP contribution in [0.4, 0.5) is 0 Å². The van der Waals surface area contributed by atoms with Gasteiger partial charge in [-0.3, -0.25) is 28.9 Å². The highest BCUT2D eigenvalue weighted by atomic mass is 16.2. The summed E-state index contributed by atoms with van der Waals surface area (Å²) < 4.78 is 0. The van der Waals surface area contributed by atoms with E-state index in [1.54, 1.807) is 32.0 Å². The van der Waals surface area contributed by atoms with E-state index in [2.05, 4.69) is 16.0 Å². The van der Waals surface area contributed by atoms with Gasteiger partial charge >= 0.3 is 0 Å². The lowest BCUT2D eigenvalue weighted by Crippen LogP contribution is -2.61. The van der Waals surface area contributed by atoms with Crippen LogP contribution in [0, 0.1) is 11.3 Å². The quantitative estimate of drug-likeness (QED) is 0.238. The van der Waals surface area contributed by atoms with Gasteiger partial charge in [0.25, 0.3) is 11.8 Å². The molecule has 0 saturated carbocycles. The fourth-order valence-corrected chi connectivity index (χ4v) is 5.23. The number of hydrogen-bond donors (Lipinski definition) is 3. The van der Waals surface area contributed by atoms with Crippen LogP contribution in [0.2, 0.25) is 0 Å². The monoisotopic (exact) mass is 595 g/mol. The highest BCUT2D eigenvalue weighted by Gasteiger charge is 2.41. The van der Waals surface area contributed by atoms with E-state index in [9.17, 15) is 24.0 Å². The number of benzene rings is 1. The van der Waals surface area contributed by atoms with Crippen LogP contribution in [-0.2, 0) is 29.4 Å². The molecule has 0 radical (unpaired) electrons. The van der Waals surface area contributed by atoms with Crippen LogP contribution in [0.3, 0.4) is 0 Å². The largest absolute Gasteiger partial charge is 0.351 e. The number of amides is 5. The van der Waals surface area contributed by atoms with Crippen molar-refractivity contribution < 1.29 is 24.0 Å². The second kappa shape index (κ2) is 14.6. The molecule has 1 aromatic carbocycles. The molecule has 0 aromatic heterocycles. The number of hydrogen-bond acceptors (Lipinski definition) is 6. The third-order valence-electron chi connectivity index (χ3n) is 7.97. The van der Waals surface area contributed by atoms with Crippen molar-refractivity contribution in [2.45, 2.75) is 78.9 Å². The summed E-state index contributed by atoms with van der Waals surface area (Å²) in [5.41, 5.74) is 0.227. The molecule has 2 rings (SSSR count). The Morgan fingerprint density at radius 3 is 2.00 bits per heavy atom. The first kappa shape index (κ1) is 35.4. The number of carbonyl (C=O) groups is 5. The maximum Gasteiger partial charge on any atom is 0.253 e. The lowest BCUT2D eigenvalue weighted by atomic mass is 9.76. The van der Waals surface area contributed by atoms with Crippen molar-refractivity contribution in [3.05, 3.63) is 59.7 Å². The van der Waals surface area contributed by atoms with E-state index in [0.717, 1.165) is 10.5 Å². The molecular weight excluding hydrogens is 546 g/mol. The number of likely N-dealkylation sites (N-methyl/N-ethyl adjacent to an activating group) is 2. The summed E-state index contributed by atoms with van der Waals surface area (Å²) in [6.07, 6.45) is 4.14. The molecule has 236 valence electrons. The molecule has 1 aliphatic rings. The summed E-state index contributed by atoms with van der Waals surface area (Å²) in [6.45, 7) is 15.5. The Bertz CT molecular complexity index is 1230. The first-order chi connectivity index (χ1) is 19.9. The molecule has 5 amide bonds. The average Bonchev–Trinajstić information content (AvgIpc) is 3.25. The minimum atomic E-state index is -0.833.